The van der Waals surface area contributed by atoms with Gasteiger partial charge in [-0.05, 0) is 20.3 Å². The number of ether oxygens (including phenoxy) is 1. The van der Waals surface area contributed by atoms with Crippen molar-refractivity contribution in [3.8, 4) is 0 Å². The molecular formula is C12H18ClN3O. The minimum absolute atomic E-state index is 0.267. The molecule has 17 heavy (non-hydrogen) atoms. The second-order valence-corrected chi connectivity index (χ2v) is 4.71. The van der Waals surface area contributed by atoms with Crippen molar-refractivity contribution in [3.05, 3.63) is 16.5 Å². The van der Waals surface area contributed by atoms with Crippen LogP contribution in [0.2, 0.25) is 5.15 Å². The normalized spacial score (nSPS) is 20.7. The van der Waals surface area contributed by atoms with Crippen LogP contribution < -0.4 is 4.90 Å². The van der Waals surface area contributed by atoms with E-state index in [1.807, 2.05) is 13.8 Å². The van der Waals surface area contributed by atoms with Crippen molar-refractivity contribution in [1.82, 2.24) is 9.97 Å². The van der Waals surface area contributed by atoms with Crippen molar-refractivity contribution >= 4 is 17.4 Å². The van der Waals surface area contributed by atoms with E-state index in [0.717, 1.165) is 43.3 Å². The zero-order chi connectivity index (χ0) is 12.4. The quantitative estimate of drug-likeness (QED) is 0.813. The van der Waals surface area contributed by atoms with Crippen LogP contribution in [0.5, 0.6) is 0 Å². The lowest BCUT2D eigenvalue weighted by Crippen LogP contribution is -2.42. The number of hydrogen-bond acceptors (Lipinski definition) is 4. The van der Waals surface area contributed by atoms with Crippen molar-refractivity contribution < 1.29 is 4.74 Å². The lowest BCUT2D eigenvalue weighted by molar-refractivity contribution is 0.0381. The molecule has 0 N–H and O–H groups in total. The Bertz CT molecular complexity index is 411. The van der Waals surface area contributed by atoms with Gasteiger partial charge in [-0.25, -0.2) is 9.97 Å². The molecule has 4 nitrogen and oxygen atoms in total. The Kier molecular flexibility index (Phi) is 3.84. The van der Waals surface area contributed by atoms with Crippen molar-refractivity contribution in [2.45, 2.75) is 33.3 Å². The number of halogens is 1. The molecule has 1 aliphatic rings. The monoisotopic (exact) mass is 255 g/mol. The van der Waals surface area contributed by atoms with Gasteiger partial charge in [-0.15, -0.1) is 0 Å². The molecular weight excluding hydrogens is 238 g/mol. The predicted molar refractivity (Wildman–Crippen MR) is 68.8 cm³/mol. The molecule has 1 fully saturated rings. The van der Waals surface area contributed by atoms with Gasteiger partial charge in [0.05, 0.1) is 24.1 Å². The molecule has 2 heterocycles. The SMILES string of the molecule is CCC1CN(c2nc(C)c(C)nc2Cl)CCO1. The third-order valence-electron chi connectivity index (χ3n) is 3.14. The molecule has 0 spiro atoms. The summed E-state index contributed by atoms with van der Waals surface area (Å²) in [4.78, 5) is 11.0. The van der Waals surface area contributed by atoms with E-state index in [-0.39, 0.29) is 6.10 Å². The summed E-state index contributed by atoms with van der Waals surface area (Å²) < 4.78 is 5.64. The highest BCUT2D eigenvalue weighted by Gasteiger charge is 2.22. The molecule has 0 amide bonds. The standard InChI is InChI=1S/C12H18ClN3O/c1-4-10-7-16(5-6-17-10)12-11(13)14-8(2)9(3)15-12/h10H,4-7H2,1-3H3. The van der Waals surface area contributed by atoms with Crippen LogP contribution in [0.1, 0.15) is 24.7 Å². The summed E-state index contributed by atoms with van der Waals surface area (Å²) in [7, 11) is 0. The lowest BCUT2D eigenvalue weighted by atomic mass is 10.2. The zero-order valence-corrected chi connectivity index (χ0v) is 11.3. The number of hydrogen-bond donors (Lipinski definition) is 0. The van der Waals surface area contributed by atoms with E-state index in [9.17, 15) is 0 Å². The van der Waals surface area contributed by atoms with E-state index in [0.29, 0.717) is 5.15 Å². The van der Waals surface area contributed by atoms with E-state index in [4.69, 9.17) is 16.3 Å². The van der Waals surface area contributed by atoms with Gasteiger partial charge in [-0.1, -0.05) is 18.5 Å². The zero-order valence-electron chi connectivity index (χ0n) is 10.5. The summed E-state index contributed by atoms with van der Waals surface area (Å²) in [5.41, 5.74) is 1.82. The van der Waals surface area contributed by atoms with Gasteiger partial charge in [0.25, 0.3) is 0 Å². The van der Waals surface area contributed by atoms with Crippen LogP contribution in [0.4, 0.5) is 5.82 Å². The fourth-order valence-electron chi connectivity index (χ4n) is 1.92. The molecule has 0 aliphatic carbocycles. The van der Waals surface area contributed by atoms with Crippen LogP contribution in [0.25, 0.3) is 0 Å². The maximum absolute atomic E-state index is 6.17. The average Bonchev–Trinajstić information content (AvgIpc) is 2.34. The Balaban J connectivity index is 2.24. The number of aromatic nitrogens is 2. The highest BCUT2D eigenvalue weighted by Crippen LogP contribution is 2.24. The Morgan fingerprint density at radius 3 is 2.76 bits per heavy atom. The highest BCUT2D eigenvalue weighted by molar-refractivity contribution is 6.31. The highest BCUT2D eigenvalue weighted by atomic mass is 35.5. The van der Waals surface area contributed by atoms with Gasteiger partial charge >= 0.3 is 0 Å². The Morgan fingerprint density at radius 2 is 2.06 bits per heavy atom. The van der Waals surface area contributed by atoms with Crippen molar-refractivity contribution in [2.24, 2.45) is 0 Å². The molecule has 94 valence electrons. The average molecular weight is 256 g/mol. The molecule has 1 aromatic rings. The number of nitrogens with zero attached hydrogens (tertiary/aromatic N) is 3. The first-order chi connectivity index (χ1) is 8.11. The van der Waals surface area contributed by atoms with Crippen molar-refractivity contribution in [2.75, 3.05) is 24.6 Å². The maximum atomic E-state index is 6.17. The molecule has 1 saturated heterocycles. The van der Waals surface area contributed by atoms with Crippen LogP contribution in [0.3, 0.4) is 0 Å². The fraction of sp³-hybridized carbons (Fsp3) is 0.667. The van der Waals surface area contributed by atoms with E-state index in [1.165, 1.54) is 0 Å². The first kappa shape index (κ1) is 12.6. The number of morpholine rings is 1. The molecule has 1 atom stereocenters. The molecule has 5 heteroatoms. The van der Waals surface area contributed by atoms with E-state index < -0.39 is 0 Å². The topological polar surface area (TPSA) is 38.2 Å². The number of rotatable bonds is 2. The van der Waals surface area contributed by atoms with Crippen LogP contribution >= 0.6 is 11.6 Å². The summed E-state index contributed by atoms with van der Waals surface area (Å²) >= 11 is 6.17. The van der Waals surface area contributed by atoms with Crippen LogP contribution in [0.15, 0.2) is 0 Å². The molecule has 0 bridgehead atoms. The van der Waals surface area contributed by atoms with Gasteiger partial charge in [0, 0.05) is 13.1 Å². The van der Waals surface area contributed by atoms with Gasteiger partial charge in [-0.2, -0.15) is 0 Å². The molecule has 0 radical (unpaired) electrons. The molecule has 1 unspecified atom stereocenters. The molecule has 2 rings (SSSR count). The summed E-state index contributed by atoms with van der Waals surface area (Å²) in [6.07, 6.45) is 1.27. The van der Waals surface area contributed by atoms with E-state index >= 15 is 0 Å². The third kappa shape index (κ3) is 2.69. The first-order valence-corrected chi connectivity index (χ1v) is 6.37. The summed E-state index contributed by atoms with van der Waals surface area (Å²) in [6, 6.07) is 0. The van der Waals surface area contributed by atoms with Gasteiger partial charge in [-0.3, -0.25) is 0 Å². The molecule has 1 aromatic heterocycles. The van der Waals surface area contributed by atoms with Crippen LogP contribution in [0, 0.1) is 13.8 Å². The van der Waals surface area contributed by atoms with E-state index in [1.54, 1.807) is 0 Å². The number of aryl methyl sites for hydroxylation is 2. The first-order valence-electron chi connectivity index (χ1n) is 5.99. The van der Waals surface area contributed by atoms with Gasteiger partial charge in [0.2, 0.25) is 0 Å². The summed E-state index contributed by atoms with van der Waals surface area (Å²) in [5.74, 6) is 0.788. The van der Waals surface area contributed by atoms with Crippen molar-refractivity contribution in [3.63, 3.8) is 0 Å². The predicted octanol–water partition coefficient (Wildman–Crippen LogP) is 2.36. The Labute approximate surface area is 107 Å². The molecule has 0 saturated carbocycles. The van der Waals surface area contributed by atoms with Gasteiger partial charge < -0.3 is 9.64 Å². The second-order valence-electron chi connectivity index (χ2n) is 4.36. The fourth-order valence-corrected chi connectivity index (χ4v) is 2.21. The Morgan fingerprint density at radius 1 is 1.35 bits per heavy atom. The largest absolute Gasteiger partial charge is 0.375 e. The molecule has 0 aromatic carbocycles. The minimum atomic E-state index is 0.267. The number of anilines is 1. The minimum Gasteiger partial charge on any atom is -0.375 e. The van der Waals surface area contributed by atoms with Gasteiger partial charge in [0.1, 0.15) is 0 Å². The van der Waals surface area contributed by atoms with E-state index in [2.05, 4.69) is 21.8 Å². The Hall–Kier alpha value is -0.870. The van der Waals surface area contributed by atoms with Gasteiger partial charge in [0.15, 0.2) is 11.0 Å². The third-order valence-corrected chi connectivity index (χ3v) is 3.39. The van der Waals surface area contributed by atoms with Crippen LogP contribution in [-0.4, -0.2) is 35.8 Å². The van der Waals surface area contributed by atoms with Crippen LogP contribution in [-0.2, 0) is 4.74 Å². The second kappa shape index (κ2) is 5.19. The smallest absolute Gasteiger partial charge is 0.171 e. The van der Waals surface area contributed by atoms with Crippen molar-refractivity contribution in [1.29, 1.82) is 0 Å². The molecule has 1 aliphatic heterocycles. The lowest BCUT2D eigenvalue weighted by Gasteiger charge is -2.33. The maximum Gasteiger partial charge on any atom is 0.171 e. The summed E-state index contributed by atoms with van der Waals surface area (Å²) in [6.45, 7) is 8.40. The summed E-state index contributed by atoms with van der Waals surface area (Å²) in [5, 5.41) is 0.491.